The van der Waals surface area contributed by atoms with Crippen molar-refractivity contribution < 1.29 is 9.18 Å². The molecule has 1 amide bonds. The Hall–Kier alpha value is -1.45. The van der Waals surface area contributed by atoms with E-state index < -0.39 is 0 Å². The molecule has 0 saturated carbocycles. The average Bonchev–Trinajstić information content (AvgIpc) is 2.01. The molecule has 1 aromatic rings. The van der Waals surface area contributed by atoms with Crippen molar-refractivity contribution in [2.75, 3.05) is 0 Å². The molecule has 1 atom stereocenters. The number of aromatic nitrogens is 1. The number of β-lactam (4-membered cyclic amide) rings is 1. The molecule has 0 aromatic carbocycles. The first-order valence-corrected chi connectivity index (χ1v) is 3.66. The SMILES string of the molecule is O=C1CC(c2ccc(F)cn2)N1. The van der Waals surface area contributed by atoms with Crippen LogP contribution in [0.5, 0.6) is 0 Å². The van der Waals surface area contributed by atoms with Gasteiger partial charge in [0.1, 0.15) is 5.82 Å². The summed E-state index contributed by atoms with van der Waals surface area (Å²) in [5.74, 6) is -0.337. The molecular weight excluding hydrogens is 159 g/mol. The zero-order chi connectivity index (χ0) is 8.55. The van der Waals surface area contributed by atoms with Crippen molar-refractivity contribution in [3.05, 3.63) is 29.8 Å². The van der Waals surface area contributed by atoms with Gasteiger partial charge in [0.2, 0.25) is 5.91 Å². The number of nitrogens with zero attached hydrogens (tertiary/aromatic N) is 1. The molecule has 0 radical (unpaired) electrons. The molecule has 1 aromatic heterocycles. The number of halogens is 1. The highest BCUT2D eigenvalue weighted by Gasteiger charge is 2.27. The van der Waals surface area contributed by atoms with E-state index in [0.29, 0.717) is 6.42 Å². The summed E-state index contributed by atoms with van der Waals surface area (Å²) in [6.07, 6.45) is 1.61. The second-order valence-electron chi connectivity index (χ2n) is 2.73. The Kier molecular flexibility index (Phi) is 1.53. The number of rotatable bonds is 1. The van der Waals surface area contributed by atoms with E-state index in [1.807, 2.05) is 0 Å². The topological polar surface area (TPSA) is 42.0 Å². The molecule has 3 nitrogen and oxygen atoms in total. The largest absolute Gasteiger partial charge is 0.347 e. The van der Waals surface area contributed by atoms with Gasteiger partial charge in [-0.1, -0.05) is 0 Å². The summed E-state index contributed by atoms with van der Waals surface area (Å²) >= 11 is 0. The molecule has 2 rings (SSSR count). The third-order valence-corrected chi connectivity index (χ3v) is 1.83. The number of carbonyl (C=O) groups is 1. The smallest absolute Gasteiger partial charge is 0.223 e. The molecule has 1 aliphatic heterocycles. The van der Waals surface area contributed by atoms with Crippen LogP contribution < -0.4 is 5.32 Å². The summed E-state index contributed by atoms with van der Waals surface area (Å²) in [6.45, 7) is 0. The molecule has 1 aliphatic rings. The first-order chi connectivity index (χ1) is 5.75. The Balaban J connectivity index is 2.14. The van der Waals surface area contributed by atoms with Gasteiger partial charge in [0, 0.05) is 0 Å². The quantitative estimate of drug-likeness (QED) is 0.626. The van der Waals surface area contributed by atoms with Crippen LogP contribution in [0.4, 0.5) is 4.39 Å². The molecule has 0 aliphatic carbocycles. The van der Waals surface area contributed by atoms with E-state index in [1.54, 1.807) is 6.07 Å². The van der Waals surface area contributed by atoms with E-state index in [1.165, 1.54) is 6.07 Å². The van der Waals surface area contributed by atoms with Crippen molar-refractivity contribution in [2.45, 2.75) is 12.5 Å². The van der Waals surface area contributed by atoms with Gasteiger partial charge >= 0.3 is 0 Å². The number of hydrogen-bond donors (Lipinski definition) is 1. The van der Waals surface area contributed by atoms with Crippen LogP contribution in [0.25, 0.3) is 0 Å². The van der Waals surface area contributed by atoms with Gasteiger partial charge in [0.05, 0.1) is 24.4 Å². The summed E-state index contributed by atoms with van der Waals surface area (Å²) < 4.78 is 12.4. The number of pyridine rings is 1. The van der Waals surface area contributed by atoms with Crippen molar-refractivity contribution in [1.29, 1.82) is 0 Å². The maximum Gasteiger partial charge on any atom is 0.223 e. The molecule has 62 valence electrons. The zero-order valence-electron chi connectivity index (χ0n) is 6.25. The first kappa shape index (κ1) is 7.21. The number of nitrogens with one attached hydrogen (secondary N) is 1. The van der Waals surface area contributed by atoms with Crippen molar-refractivity contribution >= 4 is 5.91 Å². The molecule has 2 heterocycles. The van der Waals surface area contributed by atoms with Gasteiger partial charge in [-0.3, -0.25) is 9.78 Å². The fourth-order valence-corrected chi connectivity index (χ4v) is 1.13. The summed E-state index contributed by atoms with van der Waals surface area (Å²) in [5.41, 5.74) is 0.719. The molecule has 4 heteroatoms. The summed E-state index contributed by atoms with van der Waals surface area (Å²) in [4.78, 5) is 14.4. The molecule has 12 heavy (non-hydrogen) atoms. The lowest BCUT2D eigenvalue weighted by molar-refractivity contribution is -0.128. The van der Waals surface area contributed by atoms with E-state index in [0.717, 1.165) is 11.9 Å². The van der Waals surface area contributed by atoms with Gasteiger partial charge in [-0.25, -0.2) is 4.39 Å². The Morgan fingerprint density at radius 1 is 1.58 bits per heavy atom. The lowest BCUT2D eigenvalue weighted by Gasteiger charge is -2.25. The van der Waals surface area contributed by atoms with E-state index in [2.05, 4.69) is 10.3 Å². The molecule has 1 unspecified atom stereocenters. The minimum absolute atomic E-state index is 0.0156. The van der Waals surface area contributed by atoms with Crippen molar-refractivity contribution in [3.63, 3.8) is 0 Å². The number of carbonyl (C=O) groups excluding carboxylic acids is 1. The summed E-state index contributed by atoms with van der Waals surface area (Å²) in [7, 11) is 0. The van der Waals surface area contributed by atoms with E-state index in [-0.39, 0.29) is 17.8 Å². The number of hydrogen-bond acceptors (Lipinski definition) is 2. The fraction of sp³-hybridized carbons (Fsp3) is 0.250. The predicted molar refractivity (Wildman–Crippen MR) is 39.7 cm³/mol. The Bertz CT molecular complexity index is 301. The number of amides is 1. The van der Waals surface area contributed by atoms with Crippen molar-refractivity contribution in [2.24, 2.45) is 0 Å². The maximum absolute atomic E-state index is 12.4. The third-order valence-electron chi connectivity index (χ3n) is 1.83. The first-order valence-electron chi connectivity index (χ1n) is 3.66. The third kappa shape index (κ3) is 1.15. The van der Waals surface area contributed by atoms with Crippen LogP contribution in [0.1, 0.15) is 18.2 Å². The lowest BCUT2D eigenvalue weighted by Crippen LogP contribution is -2.41. The highest BCUT2D eigenvalue weighted by Crippen LogP contribution is 2.21. The molecule has 1 saturated heterocycles. The summed E-state index contributed by atoms with van der Waals surface area (Å²) in [6, 6.07) is 2.91. The molecule has 0 spiro atoms. The van der Waals surface area contributed by atoms with Crippen LogP contribution in [-0.2, 0) is 4.79 Å². The molecule has 0 bridgehead atoms. The summed E-state index contributed by atoms with van der Waals surface area (Å²) in [5, 5.41) is 2.65. The minimum atomic E-state index is -0.357. The minimum Gasteiger partial charge on any atom is -0.347 e. The molecule has 1 N–H and O–H groups in total. The second-order valence-corrected chi connectivity index (χ2v) is 2.73. The van der Waals surface area contributed by atoms with E-state index >= 15 is 0 Å². The average molecular weight is 166 g/mol. The zero-order valence-corrected chi connectivity index (χ0v) is 6.25. The monoisotopic (exact) mass is 166 g/mol. The Morgan fingerprint density at radius 3 is 2.83 bits per heavy atom. The van der Waals surface area contributed by atoms with E-state index in [4.69, 9.17) is 0 Å². The van der Waals surface area contributed by atoms with Gasteiger partial charge in [-0.05, 0) is 12.1 Å². The maximum atomic E-state index is 12.4. The second kappa shape index (κ2) is 2.55. The molecule has 1 fully saturated rings. The van der Waals surface area contributed by atoms with Gasteiger partial charge < -0.3 is 5.32 Å². The molecular formula is C8H7FN2O. The highest BCUT2D eigenvalue weighted by molar-refractivity contribution is 5.83. The van der Waals surface area contributed by atoms with Crippen molar-refractivity contribution in [1.82, 2.24) is 10.3 Å². The van der Waals surface area contributed by atoms with Crippen LogP contribution in [0.15, 0.2) is 18.3 Å². The van der Waals surface area contributed by atoms with Crippen LogP contribution in [0, 0.1) is 5.82 Å². The standard InChI is InChI=1S/C8H7FN2O/c9-5-1-2-6(10-4-5)7-3-8(12)11-7/h1-2,4,7H,3H2,(H,11,12). The van der Waals surface area contributed by atoms with Crippen molar-refractivity contribution in [3.8, 4) is 0 Å². The van der Waals surface area contributed by atoms with Gasteiger partial charge in [-0.2, -0.15) is 0 Å². The van der Waals surface area contributed by atoms with Crippen LogP contribution in [-0.4, -0.2) is 10.9 Å². The van der Waals surface area contributed by atoms with Crippen LogP contribution >= 0.6 is 0 Å². The Morgan fingerprint density at radius 2 is 2.33 bits per heavy atom. The fourth-order valence-electron chi connectivity index (χ4n) is 1.13. The Labute approximate surface area is 68.6 Å². The van der Waals surface area contributed by atoms with Gasteiger partial charge in [0.25, 0.3) is 0 Å². The predicted octanol–water partition coefficient (Wildman–Crippen LogP) is 0.782. The van der Waals surface area contributed by atoms with Crippen LogP contribution in [0.3, 0.4) is 0 Å². The van der Waals surface area contributed by atoms with Gasteiger partial charge in [0.15, 0.2) is 0 Å². The van der Waals surface area contributed by atoms with Crippen LogP contribution in [0.2, 0.25) is 0 Å². The van der Waals surface area contributed by atoms with Gasteiger partial charge in [-0.15, -0.1) is 0 Å². The normalized spacial score (nSPS) is 21.4. The lowest BCUT2D eigenvalue weighted by atomic mass is 10.0. The highest BCUT2D eigenvalue weighted by atomic mass is 19.1. The van der Waals surface area contributed by atoms with E-state index in [9.17, 15) is 9.18 Å².